The largest absolute Gasteiger partial charge is 0.432 e. The number of rotatable bonds is 3. The topological polar surface area (TPSA) is 154 Å². The molecule has 1 heterocycles. The number of aliphatic hydroxyl groups is 5. The molecule has 5 N–H and O–H groups in total. The minimum atomic E-state index is -1.66. The molecule has 5 aliphatic rings. The summed E-state index contributed by atoms with van der Waals surface area (Å²) in [6.07, 6.45) is -3.67. The highest BCUT2D eigenvalue weighted by Gasteiger charge is 2.70. The third-order valence-corrected chi connectivity index (χ3v) is 10.5. The number of hydrogen-bond acceptors (Lipinski definition) is 9. The monoisotopic (exact) mass is 494 g/mol. The third-order valence-electron chi connectivity index (χ3n) is 10.5. The molecule has 1 spiro atoms. The van der Waals surface area contributed by atoms with Crippen LogP contribution in [0.4, 0.5) is 0 Å². The molecule has 1 aliphatic heterocycles. The van der Waals surface area contributed by atoms with Crippen molar-refractivity contribution in [3.8, 4) is 0 Å². The molecule has 35 heavy (non-hydrogen) atoms. The minimum Gasteiger partial charge on any atom is -0.432 e. The van der Waals surface area contributed by atoms with E-state index in [4.69, 9.17) is 9.47 Å². The Kier molecular flexibility index (Phi) is 6.02. The molecule has 12 atom stereocenters. The zero-order valence-electron chi connectivity index (χ0n) is 20.4. The molecule has 2 bridgehead atoms. The normalized spacial score (nSPS) is 53.6. The van der Waals surface area contributed by atoms with Crippen LogP contribution in [-0.4, -0.2) is 80.7 Å². The van der Waals surface area contributed by atoms with Crippen LogP contribution in [-0.2, 0) is 19.1 Å². The van der Waals surface area contributed by atoms with Crippen molar-refractivity contribution in [2.75, 3.05) is 6.61 Å². The van der Waals surface area contributed by atoms with Gasteiger partial charge >= 0.3 is 5.97 Å². The van der Waals surface area contributed by atoms with E-state index in [-0.39, 0.29) is 23.5 Å². The Balaban J connectivity index is 1.43. The summed E-state index contributed by atoms with van der Waals surface area (Å²) < 4.78 is 11.0. The molecule has 5 rings (SSSR count). The average Bonchev–Trinajstić information content (AvgIpc) is 2.99. The van der Waals surface area contributed by atoms with Crippen molar-refractivity contribution < 1.29 is 44.6 Å². The van der Waals surface area contributed by atoms with E-state index >= 15 is 0 Å². The van der Waals surface area contributed by atoms with Crippen molar-refractivity contribution in [1.82, 2.24) is 0 Å². The van der Waals surface area contributed by atoms with Gasteiger partial charge in [0.05, 0.1) is 18.1 Å². The highest BCUT2D eigenvalue weighted by Crippen LogP contribution is 2.71. The van der Waals surface area contributed by atoms with Crippen LogP contribution in [0.3, 0.4) is 0 Å². The Hall–Kier alpha value is -1.36. The molecule has 0 radical (unpaired) electrons. The van der Waals surface area contributed by atoms with Gasteiger partial charge in [-0.05, 0) is 68.3 Å². The summed E-state index contributed by atoms with van der Waals surface area (Å²) in [6.45, 7) is 7.37. The van der Waals surface area contributed by atoms with Crippen LogP contribution in [0.1, 0.15) is 58.8 Å². The van der Waals surface area contributed by atoms with Gasteiger partial charge in [-0.15, -0.1) is 0 Å². The van der Waals surface area contributed by atoms with Crippen molar-refractivity contribution >= 4 is 11.8 Å². The first-order valence-electron chi connectivity index (χ1n) is 12.8. The van der Waals surface area contributed by atoms with Gasteiger partial charge in [0.1, 0.15) is 24.4 Å². The van der Waals surface area contributed by atoms with Crippen LogP contribution in [0.5, 0.6) is 0 Å². The number of hydrogen-bond donors (Lipinski definition) is 5. The molecule has 4 saturated carbocycles. The van der Waals surface area contributed by atoms with Gasteiger partial charge in [0.25, 0.3) is 0 Å². The van der Waals surface area contributed by atoms with Crippen LogP contribution in [0.25, 0.3) is 0 Å². The quantitative estimate of drug-likeness (QED) is 0.278. The van der Waals surface area contributed by atoms with Gasteiger partial charge < -0.3 is 35.0 Å². The maximum Gasteiger partial charge on any atom is 0.314 e. The molecule has 0 aromatic rings. The maximum atomic E-state index is 13.7. The highest BCUT2D eigenvalue weighted by molar-refractivity contribution is 6.03. The van der Waals surface area contributed by atoms with E-state index < -0.39 is 65.6 Å². The molecule has 0 aromatic heterocycles. The number of ether oxygens (including phenoxy) is 2. The fraction of sp³-hybridized carbons (Fsp3) is 0.846. The van der Waals surface area contributed by atoms with Gasteiger partial charge in [-0.3, -0.25) is 9.59 Å². The molecule has 196 valence electrons. The highest BCUT2D eigenvalue weighted by atomic mass is 16.7. The van der Waals surface area contributed by atoms with E-state index in [9.17, 15) is 35.1 Å². The molecule has 9 heteroatoms. The Morgan fingerprint density at radius 2 is 1.83 bits per heavy atom. The van der Waals surface area contributed by atoms with E-state index in [0.717, 1.165) is 12.8 Å². The molecule has 4 aliphatic carbocycles. The molecular weight excluding hydrogens is 456 g/mol. The van der Waals surface area contributed by atoms with Gasteiger partial charge in [0, 0.05) is 11.3 Å². The van der Waals surface area contributed by atoms with Crippen molar-refractivity contribution in [1.29, 1.82) is 0 Å². The lowest BCUT2D eigenvalue weighted by atomic mass is 9.40. The summed E-state index contributed by atoms with van der Waals surface area (Å²) in [5.41, 5.74) is -1.41. The second-order valence-electron chi connectivity index (χ2n) is 12.2. The molecule has 0 aromatic carbocycles. The number of ketones is 1. The minimum absolute atomic E-state index is 0.0278. The smallest absolute Gasteiger partial charge is 0.314 e. The van der Waals surface area contributed by atoms with Crippen LogP contribution < -0.4 is 0 Å². The number of esters is 1. The lowest BCUT2D eigenvalue weighted by molar-refractivity contribution is -0.298. The summed E-state index contributed by atoms with van der Waals surface area (Å²) >= 11 is 0. The summed E-state index contributed by atoms with van der Waals surface area (Å²) in [7, 11) is 0. The van der Waals surface area contributed by atoms with E-state index in [2.05, 4.69) is 13.5 Å². The zero-order chi connectivity index (χ0) is 25.5. The lowest BCUT2D eigenvalue weighted by Crippen LogP contribution is -2.64. The Bertz CT molecular complexity index is 918. The summed E-state index contributed by atoms with van der Waals surface area (Å²) in [5.74, 6) is -0.903. The predicted molar refractivity (Wildman–Crippen MR) is 121 cm³/mol. The summed E-state index contributed by atoms with van der Waals surface area (Å²) in [4.78, 5) is 27.1. The fourth-order valence-corrected chi connectivity index (χ4v) is 8.88. The van der Waals surface area contributed by atoms with Crippen LogP contribution in [0, 0.1) is 34.0 Å². The lowest BCUT2D eigenvalue weighted by Gasteiger charge is -2.63. The van der Waals surface area contributed by atoms with Crippen molar-refractivity contribution in [2.24, 2.45) is 34.0 Å². The Labute approximate surface area is 205 Å². The second-order valence-corrected chi connectivity index (χ2v) is 12.2. The molecule has 5 fully saturated rings. The van der Waals surface area contributed by atoms with E-state index in [0.29, 0.717) is 37.7 Å². The Morgan fingerprint density at radius 1 is 1.11 bits per heavy atom. The van der Waals surface area contributed by atoms with E-state index in [1.165, 1.54) is 0 Å². The number of fused-ring (bicyclic) bond motifs is 3. The van der Waals surface area contributed by atoms with Gasteiger partial charge in [-0.25, -0.2) is 0 Å². The number of carbonyl (C=O) groups excluding carboxylic acids is 2. The Morgan fingerprint density at radius 3 is 2.51 bits per heavy atom. The van der Waals surface area contributed by atoms with Crippen LogP contribution in [0.15, 0.2) is 12.2 Å². The van der Waals surface area contributed by atoms with Gasteiger partial charge in [-0.2, -0.15) is 0 Å². The van der Waals surface area contributed by atoms with E-state index in [1.807, 2.05) is 6.92 Å². The number of Topliss-reactive ketones (excluding diaryl/α,β-unsaturated/α-hetero) is 1. The van der Waals surface area contributed by atoms with Crippen molar-refractivity contribution in [2.45, 2.75) is 95.6 Å². The first kappa shape index (κ1) is 25.3. The third kappa shape index (κ3) is 3.35. The maximum absolute atomic E-state index is 13.7. The van der Waals surface area contributed by atoms with Gasteiger partial charge in [0.2, 0.25) is 6.29 Å². The fourth-order valence-electron chi connectivity index (χ4n) is 8.88. The van der Waals surface area contributed by atoms with E-state index in [1.54, 1.807) is 0 Å². The molecule has 0 amide bonds. The molecule has 1 saturated heterocycles. The zero-order valence-corrected chi connectivity index (χ0v) is 20.4. The standard InChI is InChI=1S/C26H38O9/c1-12-13-9-14(28)20-24(2)6-4-7-25(3,16(24)5-8-26(20,10-13)21(12)32)23(33)35-22-19(31)18(30)17(29)15(11-27)34-22/h13-20,22,27-31H,1,4-11H2,2-3H3. The average molecular weight is 495 g/mol. The number of aliphatic hydroxyl groups excluding tert-OH is 5. The van der Waals surface area contributed by atoms with Gasteiger partial charge in [-0.1, -0.05) is 19.9 Å². The second kappa shape index (κ2) is 8.33. The molecule has 12 unspecified atom stereocenters. The van der Waals surface area contributed by atoms with Crippen LogP contribution in [0.2, 0.25) is 0 Å². The first-order valence-corrected chi connectivity index (χ1v) is 12.8. The SMILES string of the molecule is C=C1C(=O)C23CCC4C(C)(C(=O)OC5OC(CO)C(O)C(O)C5O)CCCC4(C)C2C(O)CC1C3. The molecule has 9 nitrogen and oxygen atoms in total. The van der Waals surface area contributed by atoms with Gasteiger partial charge in [0.15, 0.2) is 5.78 Å². The predicted octanol–water partition coefficient (Wildman–Crippen LogP) is 0.448. The number of allylic oxidation sites excluding steroid dienone is 1. The van der Waals surface area contributed by atoms with Crippen LogP contribution >= 0.6 is 0 Å². The van der Waals surface area contributed by atoms with Crippen molar-refractivity contribution in [3.05, 3.63) is 12.2 Å². The molecular formula is C26H38O9. The summed E-state index contributed by atoms with van der Waals surface area (Å²) in [6, 6.07) is 0. The summed E-state index contributed by atoms with van der Waals surface area (Å²) in [5, 5.41) is 51.3. The first-order chi connectivity index (χ1) is 16.4. The number of carbonyl (C=O) groups is 2. The van der Waals surface area contributed by atoms with Crippen molar-refractivity contribution in [3.63, 3.8) is 0 Å².